The lowest BCUT2D eigenvalue weighted by molar-refractivity contribution is 0.401. The van der Waals surface area contributed by atoms with Crippen LogP contribution < -0.4 is 5.73 Å². The van der Waals surface area contributed by atoms with E-state index in [1.54, 1.807) is 11.6 Å². The topological polar surface area (TPSA) is 81.2 Å². The van der Waals surface area contributed by atoms with E-state index in [4.69, 9.17) is 5.73 Å². The van der Waals surface area contributed by atoms with Gasteiger partial charge in [-0.3, -0.25) is 4.68 Å². The normalized spacial score (nSPS) is 12.3. The first-order chi connectivity index (χ1) is 12.3. The Morgan fingerprint density at radius 1 is 1.19 bits per heavy atom. The van der Waals surface area contributed by atoms with Crippen molar-refractivity contribution >= 4 is 10.0 Å². The molecule has 6 nitrogen and oxygen atoms in total. The van der Waals surface area contributed by atoms with Crippen LogP contribution in [-0.4, -0.2) is 35.6 Å². The van der Waals surface area contributed by atoms with Gasteiger partial charge < -0.3 is 5.73 Å². The second-order valence-corrected chi connectivity index (χ2v) is 8.92. The number of nitrogens with two attached hydrogens (primary N) is 1. The van der Waals surface area contributed by atoms with Gasteiger partial charge in [-0.1, -0.05) is 44.2 Å². The molecule has 26 heavy (non-hydrogen) atoms. The second kappa shape index (κ2) is 8.79. The third-order valence-electron chi connectivity index (χ3n) is 4.26. The third-order valence-corrected chi connectivity index (χ3v) is 6.36. The summed E-state index contributed by atoms with van der Waals surface area (Å²) in [5, 5.41) is 4.47. The lowest BCUT2D eigenvalue weighted by atomic mass is 10.2. The zero-order valence-electron chi connectivity index (χ0n) is 16.1. The van der Waals surface area contributed by atoms with Crippen LogP contribution in [0.15, 0.2) is 35.2 Å². The second-order valence-electron chi connectivity index (χ2n) is 7.04. The summed E-state index contributed by atoms with van der Waals surface area (Å²) in [5.41, 5.74) is 7.84. The predicted octanol–water partition coefficient (Wildman–Crippen LogP) is 2.70. The smallest absolute Gasteiger partial charge is 0.247 e. The molecule has 2 rings (SSSR count). The van der Waals surface area contributed by atoms with Crippen LogP contribution in [0.2, 0.25) is 0 Å². The number of hydrogen-bond donors (Lipinski definition) is 1. The Morgan fingerprint density at radius 2 is 1.85 bits per heavy atom. The molecule has 0 spiro atoms. The number of aryl methyl sites for hydroxylation is 1. The largest absolute Gasteiger partial charge is 0.330 e. The average Bonchev–Trinajstić information content (AvgIpc) is 2.85. The van der Waals surface area contributed by atoms with Crippen molar-refractivity contribution in [3.63, 3.8) is 0 Å². The molecule has 0 amide bonds. The van der Waals surface area contributed by atoms with Crippen molar-refractivity contribution in [3.05, 3.63) is 47.3 Å². The molecule has 7 heteroatoms. The van der Waals surface area contributed by atoms with Gasteiger partial charge in [0.1, 0.15) is 4.90 Å². The molecule has 0 saturated heterocycles. The summed E-state index contributed by atoms with van der Waals surface area (Å²) in [7, 11) is -3.65. The molecule has 0 aliphatic carbocycles. The van der Waals surface area contributed by atoms with E-state index in [9.17, 15) is 8.42 Å². The van der Waals surface area contributed by atoms with E-state index in [2.05, 4.69) is 18.9 Å². The van der Waals surface area contributed by atoms with E-state index < -0.39 is 10.0 Å². The fourth-order valence-corrected chi connectivity index (χ4v) is 4.88. The van der Waals surface area contributed by atoms with Gasteiger partial charge >= 0.3 is 0 Å². The third kappa shape index (κ3) is 4.72. The van der Waals surface area contributed by atoms with E-state index in [1.165, 1.54) is 4.31 Å². The maximum absolute atomic E-state index is 13.4. The highest BCUT2D eigenvalue weighted by atomic mass is 32.2. The quantitative estimate of drug-likeness (QED) is 0.727. The Balaban J connectivity index is 2.41. The molecule has 2 aromatic rings. The molecule has 2 N–H and O–H groups in total. The summed E-state index contributed by atoms with van der Waals surface area (Å²) in [5.74, 6) is 0.390. The molecule has 1 aromatic carbocycles. The van der Waals surface area contributed by atoms with Gasteiger partial charge in [0.05, 0.1) is 11.4 Å². The molecule has 0 atom stereocenters. The molecule has 0 radical (unpaired) electrons. The van der Waals surface area contributed by atoms with Gasteiger partial charge in [0.2, 0.25) is 10.0 Å². The first kappa shape index (κ1) is 20.6. The number of sulfonamides is 1. The Bertz CT molecular complexity index is 814. The van der Waals surface area contributed by atoms with Crippen molar-refractivity contribution in [3.8, 4) is 0 Å². The zero-order chi connectivity index (χ0) is 19.3. The number of hydrogen-bond acceptors (Lipinski definition) is 4. The van der Waals surface area contributed by atoms with E-state index >= 15 is 0 Å². The highest BCUT2D eigenvalue weighted by molar-refractivity contribution is 7.89. The predicted molar refractivity (Wildman–Crippen MR) is 104 cm³/mol. The minimum atomic E-state index is -3.65. The summed E-state index contributed by atoms with van der Waals surface area (Å²) < 4.78 is 30.2. The minimum Gasteiger partial charge on any atom is -0.330 e. The van der Waals surface area contributed by atoms with Crippen LogP contribution in [0, 0.1) is 19.8 Å². The van der Waals surface area contributed by atoms with Crippen LogP contribution in [0.5, 0.6) is 0 Å². The van der Waals surface area contributed by atoms with Crippen molar-refractivity contribution in [1.82, 2.24) is 14.1 Å². The van der Waals surface area contributed by atoms with Crippen molar-refractivity contribution in [2.45, 2.75) is 52.1 Å². The van der Waals surface area contributed by atoms with Crippen molar-refractivity contribution in [2.75, 3.05) is 13.1 Å². The molecule has 0 saturated carbocycles. The van der Waals surface area contributed by atoms with Gasteiger partial charge in [-0.15, -0.1) is 0 Å². The van der Waals surface area contributed by atoms with Crippen molar-refractivity contribution < 1.29 is 8.42 Å². The maximum Gasteiger partial charge on any atom is 0.247 e. The molecule has 0 unspecified atom stereocenters. The number of aromatic nitrogens is 2. The maximum atomic E-state index is 13.4. The summed E-state index contributed by atoms with van der Waals surface area (Å²) in [6.07, 6.45) is 0.615. The molecule has 1 heterocycles. The zero-order valence-corrected chi connectivity index (χ0v) is 17.0. The van der Waals surface area contributed by atoms with Gasteiger partial charge in [-0.25, -0.2) is 8.42 Å². The summed E-state index contributed by atoms with van der Waals surface area (Å²) in [4.78, 5) is 0.325. The molecular formula is C19H30N4O2S. The first-order valence-corrected chi connectivity index (χ1v) is 10.5. The SMILES string of the molecule is Cc1nn(CC(C)C)c(C)c1S(=O)(=O)N(CCCN)Cc1ccccc1. The Kier molecular flexibility index (Phi) is 6.97. The fraction of sp³-hybridized carbons (Fsp3) is 0.526. The van der Waals surface area contributed by atoms with Gasteiger partial charge in [-0.05, 0) is 38.3 Å². The number of nitrogens with zero attached hydrogens (tertiary/aromatic N) is 3. The Morgan fingerprint density at radius 3 is 2.42 bits per heavy atom. The van der Waals surface area contributed by atoms with Crippen LogP contribution in [0.4, 0.5) is 0 Å². The lowest BCUT2D eigenvalue weighted by Gasteiger charge is -2.22. The molecule has 0 aliphatic heterocycles. The van der Waals surface area contributed by atoms with Crippen LogP contribution in [-0.2, 0) is 23.1 Å². The van der Waals surface area contributed by atoms with Crippen molar-refractivity contribution in [1.29, 1.82) is 0 Å². The molecule has 0 bridgehead atoms. The fourth-order valence-electron chi connectivity index (χ4n) is 3.05. The molecule has 144 valence electrons. The molecule has 1 aromatic heterocycles. The van der Waals surface area contributed by atoms with Gasteiger partial charge in [0.25, 0.3) is 0 Å². The highest BCUT2D eigenvalue weighted by Gasteiger charge is 2.30. The van der Waals surface area contributed by atoms with Gasteiger partial charge in [0, 0.05) is 19.6 Å². The molecule has 0 aliphatic rings. The van der Waals surface area contributed by atoms with Crippen LogP contribution in [0.1, 0.15) is 37.2 Å². The molecule has 0 fully saturated rings. The summed E-state index contributed by atoms with van der Waals surface area (Å²) in [6, 6.07) is 9.63. The van der Waals surface area contributed by atoms with Gasteiger partial charge in [0.15, 0.2) is 0 Å². The van der Waals surface area contributed by atoms with E-state index in [1.807, 2.05) is 37.3 Å². The monoisotopic (exact) mass is 378 g/mol. The molecular weight excluding hydrogens is 348 g/mol. The Labute approximate surface area is 157 Å². The number of benzene rings is 1. The van der Waals surface area contributed by atoms with Crippen LogP contribution in [0.25, 0.3) is 0 Å². The van der Waals surface area contributed by atoms with E-state index in [-0.39, 0.29) is 0 Å². The summed E-state index contributed by atoms with van der Waals surface area (Å²) >= 11 is 0. The number of rotatable bonds is 9. The lowest BCUT2D eigenvalue weighted by Crippen LogP contribution is -2.33. The standard InChI is InChI=1S/C19H30N4O2S/c1-15(2)13-23-17(4)19(16(3)21-23)26(24,25)22(12-8-11-20)14-18-9-6-5-7-10-18/h5-7,9-10,15H,8,11-14,20H2,1-4H3. The van der Waals surface area contributed by atoms with E-state index in [0.29, 0.717) is 54.8 Å². The van der Waals surface area contributed by atoms with Crippen LogP contribution >= 0.6 is 0 Å². The van der Waals surface area contributed by atoms with E-state index in [0.717, 1.165) is 5.56 Å². The van der Waals surface area contributed by atoms with Crippen molar-refractivity contribution in [2.24, 2.45) is 11.7 Å². The summed E-state index contributed by atoms with van der Waals surface area (Å²) in [6.45, 7) is 9.65. The van der Waals surface area contributed by atoms with Gasteiger partial charge in [-0.2, -0.15) is 9.40 Å². The average molecular weight is 379 g/mol. The van der Waals surface area contributed by atoms with Crippen LogP contribution in [0.3, 0.4) is 0 Å². The highest BCUT2D eigenvalue weighted by Crippen LogP contribution is 2.25. The Hall–Kier alpha value is -1.70. The minimum absolute atomic E-state index is 0.325. The first-order valence-electron chi connectivity index (χ1n) is 9.05.